The maximum absolute atomic E-state index is 11.7. The van der Waals surface area contributed by atoms with Crippen molar-refractivity contribution < 1.29 is 9.90 Å². The predicted molar refractivity (Wildman–Crippen MR) is 78.4 cm³/mol. The van der Waals surface area contributed by atoms with E-state index in [0.717, 1.165) is 5.56 Å². The van der Waals surface area contributed by atoms with Crippen molar-refractivity contribution in [2.75, 3.05) is 11.1 Å². The molecule has 0 saturated heterocycles. The van der Waals surface area contributed by atoms with E-state index in [1.807, 2.05) is 26.0 Å². The molecular formula is C13H18ClNO2S. The van der Waals surface area contributed by atoms with Gasteiger partial charge in [-0.3, -0.25) is 4.79 Å². The van der Waals surface area contributed by atoms with Crippen molar-refractivity contribution in [3.8, 4) is 0 Å². The number of aliphatic hydroxyl groups is 1. The zero-order valence-electron chi connectivity index (χ0n) is 10.7. The summed E-state index contributed by atoms with van der Waals surface area (Å²) in [5.41, 5.74) is 1.67. The number of rotatable bonds is 5. The first-order valence-corrected chi connectivity index (χ1v) is 7.18. The van der Waals surface area contributed by atoms with Gasteiger partial charge in [-0.25, -0.2) is 0 Å². The van der Waals surface area contributed by atoms with Crippen molar-refractivity contribution in [1.29, 1.82) is 0 Å². The van der Waals surface area contributed by atoms with Gasteiger partial charge >= 0.3 is 0 Å². The van der Waals surface area contributed by atoms with Crippen molar-refractivity contribution in [3.05, 3.63) is 28.8 Å². The van der Waals surface area contributed by atoms with Crippen LogP contribution in [0.15, 0.2) is 18.2 Å². The fraction of sp³-hybridized carbons (Fsp3) is 0.462. The summed E-state index contributed by atoms with van der Waals surface area (Å²) in [7, 11) is 0. The molecule has 0 heterocycles. The second-order valence-corrected chi connectivity index (χ2v) is 6.04. The van der Waals surface area contributed by atoms with E-state index in [1.165, 1.54) is 11.8 Å². The molecule has 0 bridgehead atoms. The molecule has 0 fully saturated rings. The van der Waals surface area contributed by atoms with Crippen molar-refractivity contribution >= 4 is 35.0 Å². The lowest BCUT2D eigenvalue weighted by atomic mass is 10.2. The van der Waals surface area contributed by atoms with E-state index in [-0.39, 0.29) is 11.2 Å². The van der Waals surface area contributed by atoms with Crippen LogP contribution in [-0.2, 0) is 4.79 Å². The second-order valence-electron chi connectivity index (χ2n) is 4.27. The maximum atomic E-state index is 11.7. The van der Waals surface area contributed by atoms with E-state index in [4.69, 9.17) is 11.6 Å². The third-order valence-corrected chi connectivity index (χ3v) is 4.37. The molecule has 0 spiro atoms. The SMILES string of the molecule is Cc1ccc(NC(=O)CSC(C)C(C)O)cc1Cl. The highest BCUT2D eigenvalue weighted by molar-refractivity contribution is 8.00. The van der Waals surface area contributed by atoms with Crippen LogP contribution in [0.25, 0.3) is 0 Å². The summed E-state index contributed by atoms with van der Waals surface area (Å²) in [5.74, 6) is 0.227. The van der Waals surface area contributed by atoms with E-state index in [2.05, 4.69) is 5.32 Å². The summed E-state index contributed by atoms with van der Waals surface area (Å²) in [4.78, 5) is 11.7. The highest BCUT2D eigenvalue weighted by atomic mass is 35.5. The van der Waals surface area contributed by atoms with Crippen LogP contribution in [0.4, 0.5) is 5.69 Å². The van der Waals surface area contributed by atoms with Gasteiger partial charge in [0.2, 0.25) is 5.91 Å². The van der Waals surface area contributed by atoms with Gasteiger partial charge in [0, 0.05) is 16.0 Å². The van der Waals surface area contributed by atoms with Crippen LogP contribution in [0.5, 0.6) is 0 Å². The molecule has 18 heavy (non-hydrogen) atoms. The molecule has 2 N–H and O–H groups in total. The van der Waals surface area contributed by atoms with E-state index in [9.17, 15) is 9.90 Å². The van der Waals surface area contributed by atoms with Gasteiger partial charge in [0.1, 0.15) is 0 Å². The molecule has 1 aromatic carbocycles. The fourth-order valence-corrected chi connectivity index (χ4v) is 2.16. The smallest absolute Gasteiger partial charge is 0.234 e. The molecule has 0 radical (unpaired) electrons. The Morgan fingerprint density at radius 3 is 2.72 bits per heavy atom. The van der Waals surface area contributed by atoms with Crippen molar-refractivity contribution in [3.63, 3.8) is 0 Å². The summed E-state index contributed by atoms with van der Waals surface area (Å²) in [6.07, 6.45) is -0.420. The van der Waals surface area contributed by atoms with Crippen LogP contribution in [0.2, 0.25) is 5.02 Å². The van der Waals surface area contributed by atoms with Crippen LogP contribution in [-0.4, -0.2) is 28.1 Å². The summed E-state index contributed by atoms with van der Waals surface area (Å²) < 4.78 is 0. The van der Waals surface area contributed by atoms with Crippen LogP contribution < -0.4 is 5.32 Å². The number of halogens is 1. The number of carbonyl (C=O) groups is 1. The summed E-state index contributed by atoms with van der Waals surface area (Å²) in [6.45, 7) is 5.52. The van der Waals surface area contributed by atoms with Gasteiger partial charge in [-0.05, 0) is 31.5 Å². The Balaban J connectivity index is 2.47. The third-order valence-electron chi connectivity index (χ3n) is 2.61. The van der Waals surface area contributed by atoms with Gasteiger partial charge in [0.05, 0.1) is 11.9 Å². The molecule has 1 aromatic rings. The standard InChI is InChI=1S/C13H18ClNO2S/c1-8-4-5-11(6-12(8)14)15-13(17)7-18-10(3)9(2)16/h4-6,9-10,16H,7H2,1-3H3,(H,15,17). The van der Waals surface area contributed by atoms with Gasteiger partial charge in [0.15, 0.2) is 0 Å². The van der Waals surface area contributed by atoms with E-state index in [1.54, 1.807) is 13.0 Å². The van der Waals surface area contributed by atoms with Gasteiger partial charge in [-0.2, -0.15) is 0 Å². The molecule has 100 valence electrons. The number of aliphatic hydroxyl groups excluding tert-OH is 1. The Kier molecular flexibility index (Phi) is 5.99. The summed E-state index contributed by atoms with van der Waals surface area (Å²) >= 11 is 7.40. The number of thioether (sulfide) groups is 1. The van der Waals surface area contributed by atoms with Crippen LogP contribution >= 0.6 is 23.4 Å². The molecule has 2 atom stereocenters. The zero-order valence-corrected chi connectivity index (χ0v) is 12.3. The highest BCUT2D eigenvalue weighted by Crippen LogP contribution is 2.20. The first-order valence-electron chi connectivity index (χ1n) is 5.76. The lowest BCUT2D eigenvalue weighted by molar-refractivity contribution is -0.113. The summed E-state index contributed by atoms with van der Waals surface area (Å²) in [5, 5.41) is 12.8. The molecule has 1 rings (SSSR count). The Morgan fingerprint density at radius 1 is 1.50 bits per heavy atom. The minimum absolute atomic E-state index is 0.0392. The fourth-order valence-electron chi connectivity index (χ4n) is 1.21. The third kappa shape index (κ3) is 4.88. The Bertz CT molecular complexity index is 423. The predicted octanol–water partition coefficient (Wildman–Crippen LogP) is 3.09. The van der Waals surface area contributed by atoms with Crippen LogP contribution in [0, 0.1) is 6.92 Å². The Morgan fingerprint density at radius 2 is 2.17 bits per heavy atom. The molecule has 0 aromatic heterocycles. The topological polar surface area (TPSA) is 49.3 Å². The number of anilines is 1. The van der Waals surface area contributed by atoms with Gasteiger partial charge in [-0.1, -0.05) is 24.6 Å². The lowest BCUT2D eigenvalue weighted by Gasteiger charge is -2.13. The second kappa shape index (κ2) is 7.02. The lowest BCUT2D eigenvalue weighted by Crippen LogP contribution is -2.20. The largest absolute Gasteiger partial charge is 0.392 e. The van der Waals surface area contributed by atoms with E-state index < -0.39 is 6.10 Å². The number of amides is 1. The molecule has 0 aliphatic rings. The quantitative estimate of drug-likeness (QED) is 0.875. The molecule has 0 saturated carbocycles. The van der Waals surface area contributed by atoms with E-state index in [0.29, 0.717) is 16.5 Å². The van der Waals surface area contributed by atoms with Crippen LogP contribution in [0.3, 0.4) is 0 Å². The van der Waals surface area contributed by atoms with Crippen molar-refractivity contribution in [2.45, 2.75) is 32.1 Å². The Hall–Kier alpha value is -0.710. The normalized spacial score (nSPS) is 14.1. The minimum atomic E-state index is -0.420. The first kappa shape index (κ1) is 15.3. The van der Waals surface area contributed by atoms with E-state index >= 15 is 0 Å². The number of carbonyl (C=O) groups excluding carboxylic acids is 1. The average molecular weight is 288 g/mol. The molecule has 2 unspecified atom stereocenters. The average Bonchev–Trinajstić information content (AvgIpc) is 2.30. The number of aryl methyl sites for hydroxylation is 1. The highest BCUT2D eigenvalue weighted by Gasteiger charge is 2.12. The molecule has 5 heteroatoms. The number of hydrogen-bond acceptors (Lipinski definition) is 3. The van der Waals surface area contributed by atoms with Gasteiger partial charge < -0.3 is 10.4 Å². The monoisotopic (exact) mass is 287 g/mol. The van der Waals surface area contributed by atoms with Crippen molar-refractivity contribution in [1.82, 2.24) is 0 Å². The van der Waals surface area contributed by atoms with Gasteiger partial charge in [-0.15, -0.1) is 11.8 Å². The van der Waals surface area contributed by atoms with Crippen molar-refractivity contribution in [2.24, 2.45) is 0 Å². The van der Waals surface area contributed by atoms with Gasteiger partial charge in [0.25, 0.3) is 0 Å². The first-order chi connectivity index (χ1) is 8.40. The number of nitrogens with one attached hydrogen (secondary N) is 1. The number of hydrogen-bond donors (Lipinski definition) is 2. The van der Waals surface area contributed by atoms with Crippen LogP contribution in [0.1, 0.15) is 19.4 Å². The molecule has 0 aliphatic carbocycles. The molecular weight excluding hydrogens is 270 g/mol. The minimum Gasteiger partial charge on any atom is -0.392 e. The molecule has 3 nitrogen and oxygen atoms in total. The molecule has 0 aliphatic heterocycles. The maximum Gasteiger partial charge on any atom is 0.234 e. The summed E-state index contributed by atoms with van der Waals surface area (Å²) in [6, 6.07) is 5.42. The number of benzene rings is 1. The Labute approximate surface area is 117 Å². The zero-order chi connectivity index (χ0) is 13.7. The molecule has 1 amide bonds.